The first kappa shape index (κ1) is 14.8. The van der Waals surface area contributed by atoms with Crippen LogP contribution in [0, 0.1) is 6.92 Å². The monoisotopic (exact) mass is 321 g/mol. The molecule has 1 aliphatic rings. The van der Waals surface area contributed by atoms with Crippen LogP contribution in [0.4, 0.5) is 0 Å². The number of nitrogens with one attached hydrogen (secondary N) is 1. The molecular weight excluding hydrogens is 302 g/mol. The van der Waals surface area contributed by atoms with Crippen molar-refractivity contribution < 1.29 is 9.53 Å². The van der Waals surface area contributed by atoms with Gasteiger partial charge < -0.3 is 14.6 Å². The number of ether oxygens (including phenoxy) is 1. The molecule has 3 heterocycles. The largest absolute Gasteiger partial charge is 0.472 e. The number of benzene rings is 1. The summed E-state index contributed by atoms with van der Waals surface area (Å²) in [5.41, 5.74) is 2.62. The molecule has 4 rings (SSSR count). The molecular formula is C19H19N3O2. The molecule has 1 fully saturated rings. The van der Waals surface area contributed by atoms with Gasteiger partial charge in [0.2, 0.25) is 5.88 Å². The highest BCUT2D eigenvalue weighted by molar-refractivity contribution is 5.98. The summed E-state index contributed by atoms with van der Waals surface area (Å²) in [4.78, 5) is 22.1. The quantitative estimate of drug-likeness (QED) is 0.806. The van der Waals surface area contributed by atoms with Gasteiger partial charge in [-0.25, -0.2) is 4.98 Å². The van der Waals surface area contributed by atoms with E-state index in [0.717, 1.165) is 23.0 Å². The highest BCUT2D eigenvalue weighted by Crippen LogP contribution is 2.21. The van der Waals surface area contributed by atoms with Gasteiger partial charge >= 0.3 is 0 Å². The molecule has 1 amide bonds. The number of rotatable bonds is 3. The van der Waals surface area contributed by atoms with Gasteiger partial charge in [0.1, 0.15) is 6.10 Å². The predicted molar refractivity (Wildman–Crippen MR) is 92.2 cm³/mol. The molecule has 1 N–H and O–H groups in total. The van der Waals surface area contributed by atoms with Crippen LogP contribution < -0.4 is 4.74 Å². The Morgan fingerprint density at radius 2 is 2.21 bits per heavy atom. The summed E-state index contributed by atoms with van der Waals surface area (Å²) in [5, 5.41) is 1.11. The van der Waals surface area contributed by atoms with Crippen molar-refractivity contribution in [1.82, 2.24) is 14.9 Å². The molecule has 0 spiro atoms. The van der Waals surface area contributed by atoms with E-state index in [0.29, 0.717) is 24.5 Å². The van der Waals surface area contributed by atoms with Crippen LogP contribution in [0.15, 0.2) is 48.7 Å². The fourth-order valence-electron chi connectivity index (χ4n) is 3.13. The smallest absolute Gasteiger partial charge is 0.254 e. The molecule has 0 radical (unpaired) electrons. The lowest BCUT2D eigenvalue weighted by atomic mass is 10.1. The predicted octanol–water partition coefficient (Wildman–Crippen LogP) is 3.16. The Hall–Kier alpha value is -2.82. The number of hydrogen-bond donors (Lipinski definition) is 1. The van der Waals surface area contributed by atoms with Gasteiger partial charge in [-0.3, -0.25) is 4.79 Å². The Kier molecular flexibility index (Phi) is 3.69. The molecule has 1 saturated heterocycles. The summed E-state index contributed by atoms with van der Waals surface area (Å²) in [6, 6.07) is 13.5. The van der Waals surface area contributed by atoms with Crippen LogP contribution in [-0.4, -0.2) is 40.0 Å². The summed E-state index contributed by atoms with van der Waals surface area (Å²) >= 11 is 0. The second kappa shape index (κ2) is 6.00. The maximum atomic E-state index is 12.7. The van der Waals surface area contributed by atoms with Gasteiger partial charge in [-0.15, -0.1) is 0 Å². The Morgan fingerprint density at radius 1 is 1.29 bits per heavy atom. The van der Waals surface area contributed by atoms with E-state index in [1.807, 2.05) is 60.5 Å². The van der Waals surface area contributed by atoms with Crippen LogP contribution in [0.3, 0.4) is 0 Å². The Morgan fingerprint density at radius 3 is 3.08 bits per heavy atom. The van der Waals surface area contributed by atoms with Crippen molar-refractivity contribution in [2.45, 2.75) is 19.4 Å². The zero-order valence-electron chi connectivity index (χ0n) is 13.5. The van der Waals surface area contributed by atoms with Crippen molar-refractivity contribution in [3.63, 3.8) is 0 Å². The molecule has 1 unspecified atom stereocenters. The van der Waals surface area contributed by atoms with Crippen LogP contribution in [0.1, 0.15) is 22.5 Å². The van der Waals surface area contributed by atoms with E-state index < -0.39 is 0 Å². The first-order valence-electron chi connectivity index (χ1n) is 8.16. The molecule has 0 bridgehead atoms. The van der Waals surface area contributed by atoms with Crippen LogP contribution in [0.2, 0.25) is 0 Å². The van der Waals surface area contributed by atoms with E-state index in [1.54, 1.807) is 0 Å². The van der Waals surface area contributed by atoms with E-state index in [1.165, 1.54) is 0 Å². The molecule has 1 aromatic carbocycles. The van der Waals surface area contributed by atoms with Gasteiger partial charge in [0, 0.05) is 42.0 Å². The Balaban J connectivity index is 1.44. The minimum absolute atomic E-state index is 0.00234. The third kappa shape index (κ3) is 2.85. The average molecular weight is 321 g/mol. The number of carbonyl (C=O) groups excluding carboxylic acids is 1. The highest BCUT2D eigenvalue weighted by atomic mass is 16.5. The number of aryl methyl sites for hydroxylation is 1. The SMILES string of the molecule is Cc1cccc(OC2CCN(C(=O)c3ccc4cc[nH]c4c3)C2)n1. The van der Waals surface area contributed by atoms with Crippen molar-refractivity contribution in [3.05, 3.63) is 59.9 Å². The first-order chi connectivity index (χ1) is 11.7. The third-order valence-electron chi connectivity index (χ3n) is 4.38. The van der Waals surface area contributed by atoms with E-state index in [9.17, 15) is 4.79 Å². The summed E-state index contributed by atoms with van der Waals surface area (Å²) < 4.78 is 5.92. The number of aromatic amines is 1. The number of H-pyrrole nitrogens is 1. The second-order valence-electron chi connectivity index (χ2n) is 6.18. The molecule has 122 valence electrons. The van der Waals surface area contributed by atoms with Gasteiger partial charge in [-0.05, 0) is 36.6 Å². The van der Waals surface area contributed by atoms with E-state index in [-0.39, 0.29) is 12.0 Å². The van der Waals surface area contributed by atoms with E-state index in [2.05, 4.69) is 9.97 Å². The third-order valence-corrected chi connectivity index (χ3v) is 4.38. The van der Waals surface area contributed by atoms with Gasteiger partial charge in [0.25, 0.3) is 5.91 Å². The molecule has 5 nitrogen and oxygen atoms in total. The van der Waals surface area contributed by atoms with Crippen molar-refractivity contribution in [2.24, 2.45) is 0 Å². The lowest BCUT2D eigenvalue weighted by Crippen LogP contribution is -2.31. The molecule has 24 heavy (non-hydrogen) atoms. The molecule has 3 aromatic rings. The number of likely N-dealkylation sites (tertiary alicyclic amines) is 1. The van der Waals surface area contributed by atoms with E-state index >= 15 is 0 Å². The van der Waals surface area contributed by atoms with Crippen LogP contribution in [0.25, 0.3) is 10.9 Å². The maximum Gasteiger partial charge on any atom is 0.254 e. The minimum Gasteiger partial charge on any atom is -0.472 e. The van der Waals surface area contributed by atoms with Crippen molar-refractivity contribution >= 4 is 16.8 Å². The summed E-state index contributed by atoms with van der Waals surface area (Å²) in [5.74, 6) is 0.678. The number of carbonyl (C=O) groups is 1. The number of nitrogens with zero attached hydrogens (tertiary/aromatic N) is 2. The van der Waals surface area contributed by atoms with Gasteiger partial charge in [-0.1, -0.05) is 12.1 Å². The first-order valence-corrected chi connectivity index (χ1v) is 8.16. The van der Waals surface area contributed by atoms with Crippen molar-refractivity contribution in [2.75, 3.05) is 13.1 Å². The van der Waals surface area contributed by atoms with Gasteiger partial charge in [-0.2, -0.15) is 0 Å². The zero-order chi connectivity index (χ0) is 16.5. The maximum absolute atomic E-state index is 12.7. The molecule has 0 saturated carbocycles. The molecule has 0 aliphatic carbocycles. The molecule has 5 heteroatoms. The lowest BCUT2D eigenvalue weighted by molar-refractivity contribution is 0.0771. The van der Waals surface area contributed by atoms with Crippen LogP contribution >= 0.6 is 0 Å². The molecule has 1 aliphatic heterocycles. The topological polar surface area (TPSA) is 58.2 Å². The zero-order valence-corrected chi connectivity index (χ0v) is 13.5. The minimum atomic E-state index is -0.00234. The lowest BCUT2D eigenvalue weighted by Gasteiger charge is -2.17. The second-order valence-corrected chi connectivity index (χ2v) is 6.18. The van der Waals surface area contributed by atoms with Gasteiger partial charge in [0.05, 0.1) is 6.54 Å². The fraction of sp³-hybridized carbons (Fsp3) is 0.263. The van der Waals surface area contributed by atoms with Gasteiger partial charge in [0.15, 0.2) is 0 Å². The summed E-state index contributed by atoms with van der Waals surface area (Å²) in [7, 11) is 0. The van der Waals surface area contributed by atoms with Crippen molar-refractivity contribution in [3.8, 4) is 5.88 Å². The number of hydrogen-bond acceptors (Lipinski definition) is 3. The molecule has 2 aromatic heterocycles. The standard InChI is InChI=1S/C19H19N3O2/c1-13-3-2-4-18(21-13)24-16-8-10-22(12-16)19(23)15-6-5-14-7-9-20-17(14)11-15/h2-7,9,11,16,20H,8,10,12H2,1H3. The number of pyridine rings is 1. The van der Waals surface area contributed by atoms with Crippen molar-refractivity contribution in [1.29, 1.82) is 0 Å². The Labute approximate surface area is 140 Å². The number of amides is 1. The van der Waals surface area contributed by atoms with Crippen LogP contribution in [-0.2, 0) is 0 Å². The average Bonchev–Trinajstić information content (AvgIpc) is 3.22. The fourth-order valence-corrected chi connectivity index (χ4v) is 3.13. The number of fused-ring (bicyclic) bond motifs is 1. The summed E-state index contributed by atoms with van der Waals surface area (Å²) in [6.45, 7) is 3.24. The van der Waals surface area contributed by atoms with Crippen LogP contribution in [0.5, 0.6) is 5.88 Å². The summed E-state index contributed by atoms with van der Waals surface area (Å²) in [6.07, 6.45) is 2.71. The van der Waals surface area contributed by atoms with E-state index in [4.69, 9.17) is 4.74 Å². The highest BCUT2D eigenvalue weighted by Gasteiger charge is 2.28. The normalized spacial score (nSPS) is 17.4. The molecule has 1 atom stereocenters. The number of aromatic nitrogens is 2. The Bertz CT molecular complexity index is 887.